The van der Waals surface area contributed by atoms with E-state index >= 15 is 0 Å². The fourth-order valence-electron chi connectivity index (χ4n) is 1.19. The Morgan fingerprint density at radius 3 is 2.88 bits per heavy atom. The average molecular weight is 241 g/mol. The fraction of sp³-hybridized carbons (Fsp3) is 0.556. The number of rotatable bonds is 3. The van der Waals surface area contributed by atoms with Gasteiger partial charge in [0.25, 0.3) is 0 Å². The number of halogens is 1. The topological polar surface area (TPSA) is 68.0 Å². The van der Waals surface area contributed by atoms with Gasteiger partial charge < -0.3 is 5.32 Å². The first-order valence-electron chi connectivity index (χ1n) is 4.95. The van der Waals surface area contributed by atoms with Gasteiger partial charge >= 0.3 is 0 Å². The van der Waals surface area contributed by atoms with Gasteiger partial charge in [0.1, 0.15) is 0 Å². The zero-order chi connectivity index (χ0) is 11.8. The maximum Gasteiger partial charge on any atom is 0.199 e. The second-order valence-corrected chi connectivity index (χ2v) is 4.86. The van der Waals surface area contributed by atoms with Gasteiger partial charge in [0.15, 0.2) is 11.5 Å². The van der Waals surface area contributed by atoms with E-state index in [9.17, 15) is 0 Å². The van der Waals surface area contributed by atoms with Gasteiger partial charge in [-0.25, -0.2) is 0 Å². The molecule has 0 aliphatic carbocycles. The maximum atomic E-state index is 6.10. The van der Waals surface area contributed by atoms with Crippen molar-refractivity contribution in [2.75, 3.05) is 5.32 Å². The highest BCUT2D eigenvalue weighted by molar-refractivity contribution is 6.21. The van der Waals surface area contributed by atoms with Crippen LogP contribution in [0.2, 0.25) is 0 Å². The molecule has 86 valence electrons. The predicted molar refractivity (Wildman–Crippen MR) is 61.6 cm³/mol. The van der Waals surface area contributed by atoms with Crippen LogP contribution in [-0.4, -0.2) is 35.9 Å². The van der Waals surface area contributed by atoms with Crippen molar-refractivity contribution < 1.29 is 0 Å². The van der Waals surface area contributed by atoms with Crippen molar-refractivity contribution in [1.82, 2.24) is 25.0 Å². The molecule has 0 saturated heterocycles. The molecule has 0 bridgehead atoms. The van der Waals surface area contributed by atoms with Crippen LogP contribution in [0.3, 0.4) is 0 Å². The molecule has 16 heavy (non-hydrogen) atoms. The molecule has 2 heterocycles. The molecule has 1 N–H and O–H groups in total. The molecule has 0 saturated carbocycles. The minimum atomic E-state index is -0.274. The number of hydrogen-bond acceptors (Lipinski definition) is 5. The van der Waals surface area contributed by atoms with Crippen LogP contribution in [0.15, 0.2) is 12.4 Å². The van der Waals surface area contributed by atoms with Gasteiger partial charge in [-0.2, -0.15) is 4.52 Å². The third-order valence-corrected chi connectivity index (χ3v) is 3.10. The standard InChI is InChI=1S/C9H13ClN6/c1-6(10)9(2,3)12-7-4-11-5-8-13-14-15-16(7)8/h4-6,12H,1-3H3. The molecule has 0 fully saturated rings. The fourth-order valence-corrected chi connectivity index (χ4v) is 1.24. The van der Waals surface area contributed by atoms with Crippen molar-refractivity contribution in [3.05, 3.63) is 12.4 Å². The summed E-state index contributed by atoms with van der Waals surface area (Å²) in [7, 11) is 0. The SMILES string of the molecule is CC(Cl)C(C)(C)Nc1cncc2nnnn12. The summed E-state index contributed by atoms with van der Waals surface area (Å²) in [5, 5.41) is 14.5. The molecule has 0 aliphatic rings. The Labute approximate surface area is 98.0 Å². The summed E-state index contributed by atoms with van der Waals surface area (Å²) >= 11 is 6.10. The quantitative estimate of drug-likeness (QED) is 0.820. The number of nitrogens with zero attached hydrogens (tertiary/aromatic N) is 5. The molecule has 0 aromatic carbocycles. The van der Waals surface area contributed by atoms with Crippen molar-refractivity contribution in [3.8, 4) is 0 Å². The number of aromatic nitrogens is 5. The largest absolute Gasteiger partial charge is 0.362 e. The second-order valence-electron chi connectivity index (χ2n) is 4.20. The van der Waals surface area contributed by atoms with Crippen molar-refractivity contribution in [2.24, 2.45) is 0 Å². The number of fused-ring (bicyclic) bond motifs is 1. The van der Waals surface area contributed by atoms with E-state index in [0.717, 1.165) is 5.82 Å². The van der Waals surface area contributed by atoms with E-state index in [1.54, 1.807) is 16.9 Å². The van der Waals surface area contributed by atoms with Gasteiger partial charge in [0.2, 0.25) is 0 Å². The Kier molecular flexibility index (Phi) is 2.67. The van der Waals surface area contributed by atoms with E-state index in [2.05, 4.69) is 25.8 Å². The zero-order valence-corrected chi connectivity index (χ0v) is 10.1. The van der Waals surface area contributed by atoms with Crippen LogP contribution in [-0.2, 0) is 0 Å². The molecule has 2 aromatic heterocycles. The minimum absolute atomic E-state index is 0.0424. The Balaban J connectivity index is 2.37. The third kappa shape index (κ3) is 1.92. The summed E-state index contributed by atoms with van der Waals surface area (Å²) < 4.78 is 1.59. The lowest BCUT2D eigenvalue weighted by Crippen LogP contribution is -2.39. The lowest BCUT2D eigenvalue weighted by Gasteiger charge is -2.29. The van der Waals surface area contributed by atoms with Gasteiger partial charge in [-0.1, -0.05) is 0 Å². The molecule has 1 unspecified atom stereocenters. The third-order valence-electron chi connectivity index (χ3n) is 2.55. The molecule has 0 amide bonds. The molecule has 2 aromatic rings. The summed E-state index contributed by atoms with van der Waals surface area (Å²) in [6, 6.07) is 0. The van der Waals surface area contributed by atoms with E-state index in [1.165, 1.54) is 0 Å². The lowest BCUT2D eigenvalue weighted by molar-refractivity contribution is 0.549. The predicted octanol–water partition coefficient (Wildman–Crippen LogP) is 1.34. The Morgan fingerprint density at radius 2 is 2.19 bits per heavy atom. The molecule has 6 nitrogen and oxygen atoms in total. The first-order chi connectivity index (χ1) is 7.50. The van der Waals surface area contributed by atoms with Crippen LogP contribution < -0.4 is 5.32 Å². The first kappa shape index (κ1) is 11.1. The highest BCUT2D eigenvalue weighted by atomic mass is 35.5. The highest BCUT2D eigenvalue weighted by Gasteiger charge is 2.25. The normalized spacial score (nSPS) is 14.0. The maximum absolute atomic E-state index is 6.10. The Hall–Kier alpha value is -1.43. The monoisotopic (exact) mass is 240 g/mol. The number of nitrogens with one attached hydrogen (secondary N) is 1. The molecule has 0 spiro atoms. The number of hydrogen-bond donors (Lipinski definition) is 1. The van der Waals surface area contributed by atoms with E-state index in [1.807, 2.05) is 20.8 Å². The van der Waals surface area contributed by atoms with Crippen molar-refractivity contribution in [3.63, 3.8) is 0 Å². The van der Waals surface area contributed by atoms with Gasteiger partial charge in [0.05, 0.1) is 17.8 Å². The van der Waals surface area contributed by atoms with Crippen LogP contribution in [0, 0.1) is 0 Å². The van der Waals surface area contributed by atoms with Gasteiger partial charge in [-0.3, -0.25) is 4.98 Å². The molecule has 0 radical (unpaired) electrons. The van der Waals surface area contributed by atoms with Crippen LogP contribution in [0.4, 0.5) is 5.82 Å². The first-order valence-corrected chi connectivity index (χ1v) is 5.39. The molecular formula is C9H13ClN6. The minimum Gasteiger partial charge on any atom is -0.362 e. The van der Waals surface area contributed by atoms with Crippen molar-refractivity contribution in [1.29, 1.82) is 0 Å². The van der Waals surface area contributed by atoms with Crippen LogP contribution in [0.5, 0.6) is 0 Å². The van der Waals surface area contributed by atoms with E-state index < -0.39 is 0 Å². The summed E-state index contributed by atoms with van der Waals surface area (Å²) in [6.45, 7) is 5.95. The second kappa shape index (κ2) is 3.86. The van der Waals surface area contributed by atoms with Crippen molar-refractivity contribution in [2.45, 2.75) is 31.7 Å². The van der Waals surface area contributed by atoms with E-state index in [0.29, 0.717) is 5.65 Å². The summed E-state index contributed by atoms with van der Waals surface area (Å²) in [5.41, 5.74) is 0.326. The Bertz CT molecular complexity index is 491. The molecular weight excluding hydrogens is 228 g/mol. The van der Waals surface area contributed by atoms with E-state index in [4.69, 9.17) is 11.6 Å². The molecule has 0 aliphatic heterocycles. The van der Waals surface area contributed by atoms with Crippen LogP contribution in [0.25, 0.3) is 5.65 Å². The van der Waals surface area contributed by atoms with Crippen LogP contribution >= 0.6 is 11.6 Å². The Morgan fingerprint density at radius 1 is 1.44 bits per heavy atom. The molecule has 1 atom stereocenters. The number of anilines is 1. The zero-order valence-electron chi connectivity index (χ0n) is 9.35. The molecule has 7 heteroatoms. The van der Waals surface area contributed by atoms with Crippen molar-refractivity contribution >= 4 is 23.1 Å². The highest BCUT2D eigenvalue weighted by Crippen LogP contribution is 2.20. The van der Waals surface area contributed by atoms with Gasteiger partial charge in [-0.15, -0.1) is 16.7 Å². The lowest BCUT2D eigenvalue weighted by atomic mass is 10.0. The summed E-state index contributed by atoms with van der Waals surface area (Å²) in [6.07, 6.45) is 3.27. The van der Waals surface area contributed by atoms with E-state index in [-0.39, 0.29) is 10.9 Å². The average Bonchev–Trinajstić information content (AvgIpc) is 2.65. The molecule has 2 rings (SSSR count). The smallest absolute Gasteiger partial charge is 0.199 e. The number of tetrazole rings is 1. The van der Waals surface area contributed by atoms with Crippen LogP contribution in [0.1, 0.15) is 20.8 Å². The number of alkyl halides is 1. The summed E-state index contributed by atoms with van der Waals surface area (Å²) in [4.78, 5) is 4.06. The summed E-state index contributed by atoms with van der Waals surface area (Å²) in [5.74, 6) is 0.722. The van der Waals surface area contributed by atoms with Gasteiger partial charge in [0, 0.05) is 5.54 Å². The van der Waals surface area contributed by atoms with Gasteiger partial charge in [-0.05, 0) is 31.2 Å².